The Hall–Kier alpha value is -1.59. The monoisotopic (exact) mass is 172 g/mol. The van der Waals surface area contributed by atoms with E-state index in [0.717, 1.165) is 0 Å². The first-order valence-electron chi connectivity index (χ1n) is 3.42. The molecule has 3 N–H and O–H groups in total. The summed E-state index contributed by atoms with van der Waals surface area (Å²) in [7, 11) is 0. The first-order chi connectivity index (χ1) is 5.83. The molecule has 0 saturated heterocycles. The molecule has 1 rings (SSSR count). The average Bonchev–Trinajstić information content (AvgIpc) is 2.53. The van der Waals surface area contributed by atoms with Crippen molar-refractivity contribution in [1.82, 2.24) is 15.5 Å². The zero-order valence-electron chi connectivity index (χ0n) is 6.30. The van der Waals surface area contributed by atoms with Crippen LogP contribution in [0, 0.1) is 0 Å². The lowest BCUT2D eigenvalue weighted by atomic mass is 10.6. The number of aromatic nitrogens is 2. The third-order valence-corrected chi connectivity index (χ3v) is 1.14. The van der Waals surface area contributed by atoms with Crippen molar-refractivity contribution in [2.75, 3.05) is 18.5 Å². The molecule has 0 aliphatic carbocycles. The second kappa shape index (κ2) is 4.32. The molecule has 1 aromatic heterocycles. The largest absolute Gasteiger partial charge is 0.335 e. The quantitative estimate of drug-likeness (QED) is 0.621. The van der Waals surface area contributed by atoms with Crippen molar-refractivity contribution in [1.29, 1.82) is 0 Å². The molecule has 66 valence electrons. The van der Waals surface area contributed by atoms with Crippen molar-refractivity contribution >= 4 is 11.7 Å². The molecule has 0 aromatic carbocycles. The van der Waals surface area contributed by atoms with Gasteiger partial charge in [-0.15, -0.1) is 0 Å². The van der Waals surface area contributed by atoms with Crippen LogP contribution in [-0.2, 0) is 0 Å². The maximum atomic E-state index is 11.6. The van der Waals surface area contributed by atoms with E-state index < -0.39 is 12.7 Å². The van der Waals surface area contributed by atoms with Crippen LogP contribution in [0.25, 0.3) is 0 Å². The molecule has 0 fully saturated rings. The Morgan fingerprint density at radius 3 is 3.17 bits per heavy atom. The number of halogens is 1. The van der Waals surface area contributed by atoms with E-state index in [-0.39, 0.29) is 6.54 Å². The number of nitrogens with zero attached hydrogens (tertiary/aromatic N) is 1. The molecular weight excluding hydrogens is 163 g/mol. The zero-order valence-corrected chi connectivity index (χ0v) is 6.30. The van der Waals surface area contributed by atoms with Crippen LogP contribution in [0.15, 0.2) is 12.4 Å². The van der Waals surface area contributed by atoms with Crippen LogP contribution in [0.4, 0.5) is 14.9 Å². The SMILES string of the molecule is O=C(NCCF)Nc1cn[nH]c1. The fourth-order valence-electron chi connectivity index (χ4n) is 0.655. The van der Waals surface area contributed by atoms with Crippen LogP contribution in [0.5, 0.6) is 0 Å². The highest BCUT2D eigenvalue weighted by atomic mass is 19.1. The number of anilines is 1. The summed E-state index contributed by atoms with van der Waals surface area (Å²) >= 11 is 0. The van der Waals surface area contributed by atoms with Crippen LogP contribution in [0.1, 0.15) is 0 Å². The Balaban J connectivity index is 2.27. The summed E-state index contributed by atoms with van der Waals surface area (Å²) in [4.78, 5) is 10.8. The lowest BCUT2D eigenvalue weighted by molar-refractivity contribution is 0.251. The van der Waals surface area contributed by atoms with Gasteiger partial charge in [0.15, 0.2) is 0 Å². The average molecular weight is 172 g/mol. The lowest BCUT2D eigenvalue weighted by Gasteiger charge is -2.01. The zero-order chi connectivity index (χ0) is 8.81. The molecule has 0 aliphatic heterocycles. The highest BCUT2D eigenvalue weighted by molar-refractivity contribution is 5.88. The van der Waals surface area contributed by atoms with Gasteiger partial charge in [0.2, 0.25) is 0 Å². The van der Waals surface area contributed by atoms with Crippen LogP contribution in [0.3, 0.4) is 0 Å². The van der Waals surface area contributed by atoms with Gasteiger partial charge >= 0.3 is 6.03 Å². The Morgan fingerprint density at radius 2 is 2.58 bits per heavy atom. The molecule has 1 aromatic rings. The van der Waals surface area contributed by atoms with E-state index in [9.17, 15) is 9.18 Å². The number of amides is 2. The van der Waals surface area contributed by atoms with E-state index in [4.69, 9.17) is 0 Å². The van der Waals surface area contributed by atoms with Crippen LogP contribution in [-0.4, -0.2) is 29.4 Å². The smallest absolute Gasteiger partial charge is 0.319 e. The van der Waals surface area contributed by atoms with Gasteiger partial charge < -0.3 is 10.6 Å². The number of hydrogen-bond donors (Lipinski definition) is 3. The Morgan fingerprint density at radius 1 is 1.75 bits per heavy atom. The molecule has 0 bridgehead atoms. The van der Waals surface area contributed by atoms with Crippen molar-refractivity contribution in [3.05, 3.63) is 12.4 Å². The third kappa shape index (κ3) is 2.57. The second-order valence-electron chi connectivity index (χ2n) is 2.06. The van der Waals surface area contributed by atoms with E-state index in [1.54, 1.807) is 0 Å². The predicted molar refractivity (Wildman–Crippen MR) is 41.6 cm³/mol. The molecule has 0 unspecified atom stereocenters. The number of urea groups is 1. The number of carbonyl (C=O) groups excluding carboxylic acids is 1. The molecule has 5 nitrogen and oxygen atoms in total. The maximum absolute atomic E-state index is 11.6. The molecule has 0 saturated carbocycles. The van der Waals surface area contributed by atoms with Gasteiger partial charge in [-0.2, -0.15) is 5.10 Å². The van der Waals surface area contributed by atoms with Gasteiger partial charge in [-0.25, -0.2) is 9.18 Å². The summed E-state index contributed by atoms with van der Waals surface area (Å²) in [6.07, 6.45) is 2.98. The topological polar surface area (TPSA) is 69.8 Å². The van der Waals surface area contributed by atoms with E-state index in [2.05, 4.69) is 20.8 Å². The molecular formula is C6H9FN4O. The van der Waals surface area contributed by atoms with Crippen LogP contribution in [0.2, 0.25) is 0 Å². The van der Waals surface area contributed by atoms with E-state index >= 15 is 0 Å². The third-order valence-electron chi connectivity index (χ3n) is 1.14. The van der Waals surface area contributed by atoms with Crippen LogP contribution >= 0.6 is 0 Å². The Labute approximate surface area is 68.4 Å². The van der Waals surface area contributed by atoms with Gasteiger partial charge in [0.05, 0.1) is 11.9 Å². The maximum Gasteiger partial charge on any atom is 0.319 e. The highest BCUT2D eigenvalue weighted by Gasteiger charge is 1.99. The lowest BCUT2D eigenvalue weighted by Crippen LogP contribution is -2.30. The first-order valence-corrected chi connectivity index (χ1v) is 3.42. The van der Waals surface area contributed by atoms with Gasteiger partial charge in [0.1, 0.15) is 6.67 Å². The van der Waals surface area contributed by atoms with Crippen molar-refractivity contribution in [3.63, 3.8) is 0 Å². The fourth-order valence-corrected chi connectivity index (χ4v) is 0.655. The minimum atomic E-state index is -0.571. The normalized spacial score (nSPS) is 9.42. The van der Waals surface area contributed by atoms with E-state index in [1.165, 1.54) is 12.4 Å². The molecule has 0 radical (unpaired) electrons. The summed E-state index contributed by atoms with van der Waals surface area (Å²) in [6, 6.07) is -0.436. The minimum absolute atomic E-state index is 0.0175. The molecule has 0 spiro atoms. The summed E-state index contributed by atoms with van der Waals surface area (Å²) in [5, 5.41) is 10.9. The summed E-state index contributed by atoms with van der Waals surface area (Å²) in [6.45, 7) is -0.553. The minimum Gasteiger partial charge on any atom is -0.335 e. The van der Waals surface area contributed by atoms with E-state index in [0.29, 0.717) is 5.69 Å². The van der Waals surface area contributed by atoms with Gasteiger partial charge in [-0.1, -0.05) is 0 Å². The molecule has 6 heteroatoms. The Kier molecular flexibility index (Phi) is 3.06. The molecule has 1 heterocycles. The number of alkyl halides is 1. The number of hydrogen-bond acceptors (Lipinski definition) is 2. The molecule has 12 heavy (non-hydrogen) atoms. The molecule has 2 amide bonds. The van der Waals surface area contributed by atoms with Gasteiger partial charge in [-0.3, -0.25) is 5.10 Å². The predicted octanol–water partition coefficient (Wildman–Crippen LogP) is 0.501. The highest BCUT2D eigenvalue weighted by Crippen LogP contribution is 1.99. The van der Waals surface area contributed by atoms with Crippen molar-refractivity contribution < 1.29 is 9.18 Å². The summed E-state index contributed by atoms with van der Waals surface area (Å²) in [5.74, 6) is 0. The number of H-pyrrole nitrogens is 1. The van der Waals surface area contributed by atoms with Gasteiger partial charge in [0.25, 0.3) is 0 Å². The number of aromatic amines is 1. The summed E-state index contributed by atoms with van der Waals surface area (Å²) < 4.78 is 11.6. The summed E-state index contributed by atoms with van der Waals surface area (Å²) in [5.41, 5.74) is 0.548. The van der Waals surface area contributed by atoms with Crippen molar-refractivity contribution in [3.8, 4) is 0 Å². The van der Waals surface area contributed by atoms with E-state index in [1.807, 2.05) is 0 Å². The van der Waals surface area contributed by atoms with Gasteiger partial charge in [0, 0.05) is 12.7 Å². The number of nitrogens with one attached hydrogen (secondary N) is 3. The standard InChI is InChI=1S/C6H9FN4O/c7-1-2-8-6(12)11-5-3-9-10-4-5/h3-4H,1-2H2,(H,9,10)(H2,8,11,12). The fraction of sp³-hybridized carbons (Fsp3) is 0.333. The Bertz CT molecular complexity index is 236. The van der Waals surface area contributed by atoms with Gasteiger partial charge in [-0.05, 0) is 0 Å². The second-order valence-corrected chi connectivity index (χ2v) is 2.06. The van der Waals surface area contributed by atoms with Crippen molar-refractivity contribution in [2.24, 2.45) is 0 Å². The number of rotatable bonds is 3. The molecule has 0 aliphatic rings. The number of carbonyl (C=O) groups is 1. The van der Waals surface area contributed by atoms with Crippen LogP contribution < -0.4 is 10.6 Å². The molecule has 0 atom stereocenters. The van der Waals surface area contributed by atoms with Crippen molar-refractivity contribution in [2.45, 2.75) is 0 Å². The first kappa shape index (κ1) is 8.51.